The third kappa shape index (κ3) is 5.98. The average molecular weight is 316 g/mol. The Labute approximate surface area is 146 Å². The van der Waals surface area contributed by atoms with Gasteiger partial charge in [-0.05, 0) is 47.3 Å². The average Bonchev–Trinajstić information content (AvgIpc) is 2.47. The number of hydrogen-bond acceptors (Lipinski definition) is 0. The SMILES string of the molecule is [CH2]c1ccc(C(C)(C)CCCCC)cc1C(C)(C)CCCCC. The molecule has 0 atom stereocenters. The Morgan fingerprint density at radius 3 is 1.83 bits per heavy atom. The van der Waals surface area contributed by atoms with Crippen molar-refractivity contribution in [1.29, 1.82) is 0 Å². The van der Waals surface area contributed by atoms with Crippen LogP contribution < -0.4 is 0 Å². The third-order valence-electron chi connectivity index (χ3n) is 5.43. The lowest BCUT2D eigenvalue weighted by Crippen LogP contribution is -2.22. The lowest BCUT2D eigenvalue weighted by Gasteiger charge is -2.31. The van der Waals surface area contributed by atoms with Crippen LogP contribution in [0.1, 0.15) is 110 Å². The van der Waals surface area contributed by atoms with Gasteiger partial charge in [-0.3, -0.25) is 0 Å². The second-order valence-electron chi connectivity index (χ2n) is 8.55. The van der Waals surface area contributed by atoms with Crippen molar-refractivity contribution >= 4 is 0 Å². The van der Waals surface area contributed by atoms with Gasteiger partial charge in [0.25, 0.3) is 0 Å². The summed E-state index contributed by atoms with van der Waals surface area (Å²) in [7, 11) is 0. The molecule has 0 aliphatic heterocycles. The summed E-state index contributed by atoms with van der Waals surface area (Å²) in [6, 6.07) is 7.01. The Morgan fingerprint density at radius 1 is 0.783 bits per heavy atom. The Bertz CT molecular complexity index is 465. The minimum Gasteiger partial charge on any atom is -0.0654 e. The summed E-state index contributed by atoms with van der Waals surface area (Å²) in [5, 5.41) is 0. The number of rotatable bonds is 10. The molecule has 0 nitrogen and oxygen atoms in total. The highest BCUT2D eigenvalue weighted by Gasteiger charge is 2.26. The van der Waals surface area contributed by atoms with E-state index in [4.69, 9.17) is 0 Å². The predicted molar refractivity (Wildman–Crippen MR) is 105 cm³/mol. The van der Waals surface area contributed by atoms with E-state index >= 15 is 0 Å². The first-order chi connectivity index (χ1) is 10.7. The van der Waals surface area contributed by atoms with Gasteiger partial charge in [0.05, 0.1) is 0 Å². The molecule has 0 saturated heterocycles. The smallest absolute Gasteiger partial charge is 0.0101 e. The van der Waals surface area contributed by atoms with E-state index in [1.54, 1.807) is 0 Å². The molecule has 0 unspecified atom stereocenters. The molecular formula is C23H39. The topological polar surface area (TPSA) is 0 Å². The van der Waals surface area contributed by atoms with Crippen LogP contribution in [0.4, 0.5) is 0 Å². The molecule has 0 amide bonds. The lowest BCUT2D eigenvalue weighted by molar-refractivity contribution is 0.436. The minimum atomic E-state index is 0.224. The first-order valence-electron chi connectivity index (χ1n) is 9.71. The van der Waals surface area contributed by atoms with Gasteiger partial charge in [-0.2, -0.15) is 0 Å². The van der Waals surface area contributed by atoms with E-state index in [1.165, 1.54) is 68.1 Å². The highest BCUT2D eigenvalue weighted by atomic mass is 14.3. The molecule has 131 valence electrons. The van der Waals surface area contributed by atoms with Crippen molar-refractivity contribution in [1.82, 2.24) is 0 Å². The molecule has 1 aromatic rings. The van der Waals surface area contributed by atoms with Crippen LogP contribution in [0, 0.1) is 6.92 Å². The summed E-state index contributed by atoms with van der Waals surface area (Å²) in [5.74, 6) is 0. The van der Waals surface area contributed by atoms with Crippen LogP contribution in [0.15, 0.2) is 18.2 Å². The summed E-state index contributed by atoms with van der Waals surface area (Å²) >= 11 is 0. The zero-order chi connectivity index (χ0) is 17.5. The molecule has 0 aromatic heterocycles. The molecule has 0 N–H and O–H groups in total. The lowest BCUT2D eigenvalue weighted by atomic mass is 9.73. The first-order valence-corrected chi connectivity index (χ1v) is 9.71. The van der Waals surface area contributed by atoms with Crippen LogP contribution in [0.5, 0.6) is 0 Å². The third-order valence-corrected chi connectivity index (χ3v) is 5.43. The minimum absolute atomic E-state index is 0.224. The summed E-state index contributed by atoms with van der Waals surface area (Å²) in [5.41, 5.74) is 4.63. The van der Waals surface area contributed by atoms with Crippen molar-refractivity contribution in [2.24, 2.45) is 0 Å². The van der Waals surface area contributed by atoms with E-state index in [-0.39, 0.29) is 10.8 Å². The fourth-order valence-electron chi connectivity index (χ4n) is 3.54. The van der Waals surface area contributed by atoms with Crippen molar-refractivity contribution in [2.75, 3.05) is 0 Å². The van der Waals surface area contributed by atoms with Crippen LogP contribution in [0.2, 0.25) is 0 Å². The molecule has 0 aliphatic rings. The molecule has 1 radical (unpaired) electrons. The van der Waals surface area contributed by atoms with E-state index in [2.05, 4.69) is 66.7 Å². The second kappa shape index (κ2) is 8.90. The second-order valence-corrected chi connectivity index (χ2v) is 8.55. The van der Waals surface area contributed by atoms with Gasteiger partial charge in [0.2, 0.25) is 0 Å². The van der Waals surface area contributed by atoms with E-state index in [0.717, 1.165) is 0 Å². The van der Waals surface area contributed by atoms with E-state index in [1.807, 2.05) is 0 Å². The molecule has 0 heteroatoms. The molecule has 0 aliphatic carbocycles. The van der Waals surface area contributed by atoms with Crippen molar-refractivity contribution in [3.05, 3.63) is 41.8 Å². The van der Waals surface area contributed by atoms with Crippen LogP contribution in [0.25, 0.3) is 0 Å². The van der Waals surface area contributed by atoms with Gasteiger partial charge in [0.15, 0.2) is 0 Å². The highest BCUT2D eigenvalue weighted by molar-refractivity contribution is 5.41. The summed E-state index contributed by atoms with van der Waals surface area (Å²) in [4.78, 5) is 0. The number of hydrogen-bond donors (Lipinski definition) is 0. The van der Waals surface area contributed by atoms with Crippen LogP contribution in [-0.2, 0) is 10.8 Å². The maximum atomic E-state index is 4.31. The molecular weight excluding hydrogens is 276 g/mol. The number of benzene rings is 1. The molecule has 0 fully saturated rings. The zero-order valence-corrected chi connectivity index (χ0v) is 16.6. The predicted octanol–water partition coefficient (Wildman–Crippen LogP) is 7.58. The molecule has 0 spiro atoms. The monoisotopic (exact) mass is 315 g/mol. The molecule has 0 heterocycles. The quantitative estimate of drug-likeness (QED) is 0.390. The fraction of sp³-hybridized carbons (Fsp3) is 0.696. The molecule has 0 saturated carbocycles. The van der Waals surface area contributed by atoms with Crippen LogP contribution in [0.3, 0.4) is 0 Å². The Kier molecular flexibility index (Phi) is 7.84. The highest BCUT2D eigenvalue weighted by Crippen LogP contribution is 2.36. The van der Waals surface area contributed by atoms with Crippen LogP contribution in [-0.4, -0.2) is 0 Å². The molecule has 23 heavy (non-hydrogen) atoms. The standard InChI is InChI=1S/C23H39/c1-8-10-12-16-22(4,5)20-15-14-19(3)21(18-20)23(6,7)17-13-11-9-2/h14-15,18H,3,8-13,16-17H2,1-2,4-7H3. The fourth-order valence-corrected chi connectivity index (χ4v) is 3.54. The summed E-state index contributed by atoms with van der Waals surface area (Å²) in [6.07, 6.45) is 10.4. The van der Waals surface area contributed by atoms with Crippen molar-refractivity contribution in [3.63, 3.8) is 0 Å². The van der Waals surface area contributed by atoms with Gasteiger partial charge in [-0.1, -0.05) is 98.3 Å². The Hall–Kier alpha value is -0.780. The number of unbranched alkanes of at least 4 members (excludes halogenated alkanes) is 4. The van der Waals surface area contributed by atoms with Crippen molar-refractivity contribution in [3.8, 4) is 0 Å². The van der Waals surface area contributed by atoms with Crippen molar-refractivity contribution in [2.45, 2.75) is 104 Å². The summed E-state index contributed by atoms with van der Waals surface area (Å²) < 4.78 is 0. The van der Waals surface area contributed by atoms with E-state index in [0.29, 0.717) is 0 Å². The van der Waals surface area contributed by atoms with Crippen molar-refractivity contribution < 1.29 is 0 Å². The first kappa shape index (κ1) is 20.3. The molecule has 0 bridgehead atoms. The Balaban J connectivity index is 2.97. The molecule has 1 aromatic carbocycles. The van der Waals surface area contributed by atoms with E-state index in [9.17, 15) is 0 Å². The molecule has 1 rings (SSSR count). The normalized spacial score (nSPS) is 12.7. The van der Waals surface area contributed by atoms with Gasteiger partial charge < -0.3 is 0 Å². The Morgan fingerprint density at radius 2 is 1.30 bits per heavy atom. The van der Waals surface area contributed by atoms with Gasteiger partial charge in [-0.15, -0.1) is 0 Å². The zero-order valence-electron chi connectivity index (χ0n) is 16.6. The largest absolute Gasteiger partial charge is 0.0654 e. The van der Waals surface area contributed by atoms with E-state index < -0.39 is 0 Å². The van der Waals surface area contributed by atoms with Gasteiger partial charge in [0.1, 0.15) is 0 Å². The maximum Gasteiger partial charge on any atom is -0.0101 e. The van der Waals surface area contributed by atoms with Gasteiger partial charge >= 0.3 is 0 Å². The van der Waals surface area contributed by atoms with Gasteiger partial charge in [-0.25, -0.2) is 0 Å². The summed E-state index contributed by atoms with van der Waals surface area (Å²) in [6.45, 7) is 18.4. The van der Waals surface area contributed by atoms with Crippen LogP contribution >= 0.6 is 0 Å². The maximum absolute atomic E-state index is 4.31. The van der Waals surface area contributed by atoms with Gasteiger partial charge in [0, 0.05) is 0 Å².